The van der Waals surface area contributed by atoms with E-state index in [1.54, 1.807) is 6.92 Å². The Morgan fingerprint density at radius 1 is 1.07 bits per heavy atom. The molecular weight excluding hydrogens is 366 g/mol. The summed E-state index contributed by atoms with van der Waals surface area (Å²) in [7, 11) is -3.31. The zero-order valence-corrected chi connectivity index (χ0v) is 16.0. The van der Waals surface area contributed by atoms with Gasteiger partial charge in [-0.15, -0.1) is 5.10 Å². The molecular formula is C19H19N3O4S. The highest BCUT2D eigenvalue weighted by Gasteiger charge is 2.16. The fraction of sp³-hybridized carbons (Fsp3) is 0.211. The van der Waals surface area contributed by atoms with Crippen molar-refractivity contribution < 1.29 is 17.6 Å². The van der Waals surface area contributed by atoms with Crippen LogP contribution in [0, 0.1) is 13.8 Å². The minimum atomic E-state index is -3.31. The topological polar surface area (TPSA) is 102 Å². The number of rotatable bonds is 5. The lowest BCUT2D eigenvalue weighted by atomic mass is 10.1. The van der Waals surface area contributed by atoms with Gasteiger partial charge in [-0.2, -0.15) is 0 Å². The number of aromatic nitrogens is 2. The van der Waals surface area contributed by atoms with Crippen molar-refractivity contribution in [2.45, 2.75) is 25.7 Å². The van der Waals surface area contributed by atoms with Gasteiger partial charge < -0.3 is 4.42 Å². The Kier molecular flexibility index (Phi) is 5.09. The lowest BCUT2D eigenvalue weighted by Crippen LogP contribution is -2.12. The van der Waals surface area contributed by atoms with Crippen molar-refractivity contribution >= 4 is 21.8 Å². The molecule has 0 unspecified atom stereocenters. The maximum absolute atomic E-state index is 12.3. The Balaban J connectivity index is 1.77. The second-order valence-corrected chi connectivity index (χ2v) is 8.39. The van der Waals surface area contributed by atoms with Crippen LogP contribution in [-0.2, 0) is 9.84 Å². The number of anilines is 1. The smallest absolute Gasteiger partial charge is 0.322 e. The van der Waals surface area contributed by atoms with Gasteiger partial charge >= 0.3 is 6.01 Å². The summed E-state index contributed by atoms with van der Waals surface area (Å²) in [6, 6.07) is 11.5. The normalized spacial score (nSPS) is 11.4. The molecule has 0 aliphatic heterocycles. The van der Waals surface area contributed by atoms with Crippen LogP contribution in [-0.4, -0.2) is 30.3 Å². The Bertz CT molecular complexity index is 1090. The molecule has 140 valence electrons. The summed E-state index contributed by atoms with van der Waals surface area (Å²) in [4.78, 5) is 12.5. The third-order valence-corrected chi connectivity index (χ3v) is 5.88. The molecule has 0 aliphatic carbocycles. The number of nitrogens with one attached hydrogen (secondary N) is 1. The molecule has 27 heavy (non-hydrogen) atoms. The highest BCUT2D eigenvalue weighted by molar-refractivity contribution is 7.91. The first-order chi connectivity index (χ1) is 12.8. The number of nitrogens with zero attached hydrogens (tertiary/aromatic N) is 2. The van der Waals surface area contributed by atoms with Crippen molar-refractivity contribution in [1.82, 2.24) is 10.2 Å². The average Bonchev–Trinajstić information content (AvgIpc) is 3.12. The van der Waals surface area contributed by atoms with Crippen molar-refractivity contribution in [3.8, 4) is 11.5 Å². The third-order valence-electron chi connectivity index (χ3n) is 4.12. The third kappa shape index (κ3) is 4.06. The number of carbonyl (C=O) groups excluding carboxylic acids is 1. The lowest BCUT2D eigenvalue weighted by molar-refractivity contribution is 0.102. The number of benzene rings is 2. The highest BCUT2D eigenvalue weighted by atomic mass is 32.2. The molecule has 7 nitrogen and oxygen atoms in total. The van der Waals surface area contributed by atoms with Gasteiger partial charge in [0.1, 0.15) is 0 Å². The summed E-state index contributed by atoms with van der Waals surface area (Å²) in [6.07, 6.45) is 0. The van der Waals surface area contributed by atoms with Gasteiger partial charge in [0.2, 0.25) is 5.89 Å². The van der Waals surface area contributed by atoms with E-state index in [2.05, 4.69) is 15.5 Å². The Labute approximate surface area is 157 Å². The van der Waals surface area contributed by atoms with E-state index < -0.39 is 15.7 Å². The van der Waals surface area contributed by atoms with Gasteiger partial charge in [0.15, 0.2) is 9.84 Å². The summed E-state index contributed by atoms with van der Waals surface area (Å²) < 4.78 is 29.2. The first-order valence-electron chi connectivity index (χ1n) is 8.35. The van der Waals surface area contributed by atoms with E-state index in [-0.39, 0.29) is 22.2 Å². The van der Waals surface area contributed by atoms with Gasteiger partial charge in [-0.25, -0.2) is 8.42 Å². The predicted molar refractivity (Wildman–Crippen MR) is 101 cm³/mol. The molecule has 1 aromatic heterocycles. The Morgan fingerprint density at radius 3 is 2.44 bits per heavy atom. The van der Waals surface area contributed by atoms with Crippen LogP contribution in [0.2, 0.25) is 0 Å². The summed E-state index contributed by atoms with van der Waals surface area (Å²) in [5.41, 5.74) is 3.13. The number of sulfone groups is 1. The minimum Gasteiger partial charge on any atom is -0.403 e. The van der Waals surface area contributed by atoms with Gasteiger partial charge in [-0.1, -0.05) is 29.7 Å². The molecule has 1 amide bonds. The molecule has 1 heterocycles. The molecule has 0 saturated carbocycles. The summed E-state index contributed by atoms with van der Waals surface area (Å²) in [5, 5.41) is 10.4. The van der Waals surface area contributed by atoms with Crippen molar-refractivity contribution in [3.05, 3.63) is 59.2 Å². The largest absolute Gasteiger partial charge is 0.403 e. The van der Waals surface area contributed by atoms with Crippen LogP contribution < -0.4 is 5.32 Å². The molecule has 2 aromatic carbocycles. The quantitative estimate of drug-likeness (QED) is 0.722. The molecule has 0 fully saturated rings. The van der Waals surface area contributed by atoms with E-state index in [1.807, 2.05) is 32.0 Å². The molecule has 1 N–H and O–H groups in total. The van der Waals surface area contributed by atoms with Crippen LogP contribution in [0.1, 0.15) is 28.4 Å². The second-order valence-electron chi connectivity index (χ2n) is 6.11. The van der Waals surface area contributed by atoms with Crippen LogP contribution in [0.15, 0.2) is 51.8 Å². The molecule has 0 saturated heterocycles. The molecule has 0 radical (unpaired) electrons. The zero-order chi connectivity index (χ0) is 19.6. The van der Waals surface area contributed by atoms with Gasteiger partial charge in [0.25, 0.3) is 5.91 Å². The molecule has 0 spiro atoms. The number of carbonyl (C=O) groups is 1. The molecule has 3 rings (SSSR count). The molecule has 0 bridgehead atoms. The van der Waals surface area contributed by atoms with E-state index in [0.29, 0.717) is 5.89 Å². The first kappa shape index (κ1) is 18.8. The predicted octanol–water partition coefficient (Wildman–Crippen LogP) is 3.40. The van der Waals surface area contributed by atoms with Gasteiger partial charge in [0, 0.05) is 11.1 Å². The number of amides is 1. The van der Waals surface area contributed by atoms with E-state index in [4.69, 9.17) is 4.42 Å². The number of hydrogen-bond donors (Lipinski definition) is 1. The van der Waals surface area contributed by atoms with E-state index in [9.17, 15) is 13.2 Å². The monoisotopic (exact) mass is 385 g/mol. The maximum atomic E-state index is 12.3. The lowest BCUT2D eigenvalue weighted by Gasteiger charge is -2.04. The van der Waals surface area contributed by atoms with Gasteiger partial charge in [-0.3, -0.25) is 10.1 Å². The summed E-state index contributed by atoms with van der Waals surface area (Å²) in [5.74, 6) is -0.149. The number of aryl methyl sites for hydroxylation is 2. The highest BCUT2D eigenvalue weighted by Crippen LogP contribution is 2.24. The van der Waals surface area contributed by atoms with Crippen molar-refractivity contribution in [2.75, 3.05) is 11.1 Å². The van der Waals surface area contributed by atoms with Crippen molar-refractivity contribution in [3.63, 3.8) is 0 Å². The number of hydrogen-bond acceptors (Lipinski definition) is 6. The SMILES string of the molecule is CCS(=O)(=O)c1ccc(C(=O)Nc2nnc(-c3cc(C)ccc3C)o2)cc1. The van der Waals surface area contributed by atoms with E-state index in [1.165, 1.54) is 24.3 Å². The maximum Gasteiger partial charge on any atom is 0.322 e. The van der Waals surface area contributed by atoms with Crippen LogP contribution in [0.4, 0.5) is 6.01 Å². The molecule has 0 atom stereocenters. The van der Waals surface area contributed by atoms with Crippen LogP contribution >= 0.6 is 0 Å². The van der Waals surface area contributed by atoms with Crippen molar-refractivity contribution in [2.24, 2.45) is 0 Å². The fourth-order valence-corrected chi connectivity index (χ4v) is 3.38. The zero-order valence-electron chi connectivity index (χ0n) is 15.2. The van der Waals surface area contributed by atoms with Gasteiger partial charge in [-0.05, 0) is 49.7 Å². The first-order valence-corrected chi connectivity index (χ1v) is 10.0. The Hall–Kier alpha value is -3.00. The van der Waals surface area contributed by atoms with Crippen molar-refractivity contribution in [1.29, 1.82) is 0 Å². The Morgan fingerprint density at radius 2 is 1.78 bits per heavy atom. The summed E-state index contributed by atoms with van der Waals surface area (Å²) >= 11 is 0. The van der Waals surface area contributed by atoms with Gasteiger partial charge in [0.05, 0.1) is 10.6 Å². The molecule has 0 aliphatic rings. The minimum absolute atomic E-state index is 0.00167. The van der Waals surface area contributed by atoms with E-state index in [0.717, 1.165) is 16.7 Å². The van der Waals surface area contributed by atoms with Crippen LogP contribution in [0.5, 0.6) is 0 Å². The molecule has 3 aromatic rings. The molecule has 8 heteroatoms. The van der Waals surface area contributed by atoms with Crippen LogP contribution in [0.25, 0.3) is 11.5 Å². The van der Waals surface area contributed by atoms with Crippen LogP contribution in [0.3, 0.4) is 0 Å². The standard InChI is InChI=1S/C19H19N3O4S/c1-4-27(24,25)15-9-7-14(8-10-15)17(23)20-19-22-21-18(26-19)16-11-12(2)5-6-13(16)3/h5-11H,4H2,1-3H3,(H,20,22,23). The van der Waals surface area contributed by atoms with E-state index >= 15 is 0 Å². The fourth-order valence-electron chi connectivity index (χ4n) is 2.50. The second kappa shape index (κ2) is 7.32. The summed E-state index contributed by atoms with van der Waals surface area (Å²) in [6.45, 7) is 5.46. The average molecular weight is 385 g/mol.